The minimum absolute atomic E-state index is 0.0374. The van der Waals surface area contributed by atoms with Gasteiger partial charge in [-0.25, -0.2) is 4.57 Å². The van der Waals surface area contributed by atoms with Crippen LogP contribution in [-0.4, -0.2) is 74.9 Å². The fourth-order valence-corrected chi connectivity index (χ4v) is 14.8. The highest BCUT2D eigenvalue weighted by molar-refractivity contribution is 7.47. The first-order valence-corrected chi connectivity index (χ1v) is 45.9. The molecular weight excluding hydrogens is 1230 g/mol. The van der Waals surface area contributed by atoms with E-state index in [9.17, 15) is 19.0 Å². The molecule has 2 atom stereocenters. The second-order valence-electron chi connectivity index (χ2n) is 32.0. The number of hydrogen-bond acceptors (Lipinski definition) is 7. The van der Waals surface area contributed by atoms with Gasteiger partial charge in [-0.15, -0.1) is 0 Å². The molecule has 584 valence electrons. The predicted octanol–water partition coefficient (Wildman–Crippen LogP) is 29.7. The van der Waals surface area contributed by atoms with Gasteiger partial charge in [0.1, 0.15) is 19.8 Å². The number of ether oxygens (including phenoxy) is 2. The summed E-state index contributed by atoms with van der Waals surface area (Å²) in [4.78, 5) is 36.0. The smallest absolute Gasteiger partial charge is 0.462 e. The van der Waals surface area contributed by atoms with Crippen molar-refractivity contribution in [3.8, 4) is 0 Å². The molecule has 0 saturated carbocycles. The fourth-order valence-electron chi connectivity index (χ4n) is 14.0. The van der Waals surface area contributed by atoms with Crippen molar-refractivity contribution < 1.29 is 42.1 Å². The molecule has 1 N–H and O–H groups in total. The molecule has 0 rings (SSSR count). The summed E-state index contributed by atoms with van der Waals surface area (Å²) in [6.45, 7) is 4.54. The first-order valence-electron chi connectivity index (χ1n) is 44.4. The second kappa shape index (κ2) is 79.9. The number of carbonyl (C=O) groups is 2. The Morgan fingerprint density at radius 3 is 0.755 bits per heavy atom. The van der Waals surface area contributed by atoms with Crippen molar-refractivity contribution in [2.75, 3.05) is 47.5 Å². The molecule has 2 unspecified atom stereocenters. The van der Waals surface area contributed by atoms with Gasteiger partial charge in [0, 0.05) is 12.8 Å². The Hall–Kier alpha value is -1.25. The molecule has 0 aromatic rings. The van der Waals surface area contributed by atoms with Crippen LogP contribution in [-0.2, 0) is 32.7 Å². The molecule has 0 aromatic carbocycles. The number of phosphoric ester groups is 1. The van der Waals surface area contributed by atoms with Crippen molar-refractivity contribution in [3.05, 3.63) is 12.2 Å². The van der Waals surface area contributed by atoms with Crippen LogP contribution < -0.4 is 0 Å². The summed E-state index contributed by atoms with van der Waals surface area (Å²) in [7, 11) is 1.51. The lowest BCUT2D eigenvalue weighted by Crippen LogP contribution is -2.37. The van der Waals surface area contributed by atoms with Gasteiger partial charge in [0.15, 0.2) is 6.10 Å². The molecule has 9 nitrogen and oxygen atoms in total. The van der Waals surface area contributed by atoms with E-state index in [0.717, 1.165) is 38.5 Å². The van der Waals surface area contributed by atoms with Gasteiger partial charge in [0.25, 0.3) is 0 Å². The fraction of sp³-hybridized carbons (Fsp3) is 0.955. The van der Waals surface area contributed by atoms with Crippen LogP contribution in [0.2, 0.25) is 0 Å². The number of quaternary nitrogens is 1. The molecule has 0 aliphatic heterocycles. The zero-order chi connectivity index (χ0) is 71.1. The number of rotatable bonds is 85. The largest absolute Gasteiger partial charge is 0.472 e. The van der Waals surface area contributed by atoms with Gasteiger partial charge in [-0.05, 0) is 38.5 Å². The quantitative estimate of drug-likeness (QED) is 0.0211. The third-order valence-electron chi connectivity index (χ3n) is 20.8. The standard InChI is InChI=1S/C88H174NO8P/c1-6-8-10-12-14-16-18-20-22-24-26-28-30-32-34-36-38-40-41-42-43-44-45-46-47-49-51-53-55-57-59-61-63-65-67-69-71-73-75-77-79-81-88(91)97-86(85-96-98(92,93)95-83-82-89(3,4)5)84-94-87(90)80-78-76-74-72-70-68-66-64-62-60-58-56-54-52-50-48-39-37-35-33-31-29-27-25-23-21-19-17-15-13-11-9-7-2/h24,26,86H,6-23,25,27-85H2,1-5H3/p+1/b26-24-. The van der Waals surface area contributed by atoms with E-state index in [2.05, 4.69) is 26.0 Å². The number of hydrogen-bond donors (Lipinski definition) is 1. The third-order valence-corrected chi connectivity index (χ3v) is 21.8. The van der Waals surface area contributed by atoms with Crippen LogP contribution in [0.5, 0.6) is 0 Å². The second-order valence-corrected chi connectivity index (χ2v) is 33.5. The van der Waals surface area contributed by atoms with Crippen molar-refractivity contribution in [2.45, 2.75) is 495 Å². The van der Waals surface area contributed by atoms with E-state index in [1.807, 2.05) is 21.1 Å². The molecular formula is C88H175NO8P+. The van der Waals surface area contributed by atoms with E-state index in [1.54, 1.807) is 0 Å². The van der Waals surface area contributed by atoms with E-state index in [1.165, 1.54) is 424 Å². The number of esters is 2. The van der Waals surface area contributed by atoms with Crippen molar-refractivity contribution >= 4 is 19.8 Å². The van der Waals surface area contributed by atoms with Crippen LogP contribution in [0, 0.1) is 0 Å². The maximum absolute atomic E-state index is 12.9. The van der Waals surface area contributed by atoms with Crippen LogP contribution in [0.25, 0.3) is 0 Å². The lowest BCUT2D eigenvalue weighted by Gasteiger charge is -2.24. The Morgan fingerprint density at radius 1 is 0.306 bits per heavy atom. The van der Waals surface area contributed by atoms with Gasteiger partial charge in [0.2, 0.25) is 0 Å². The molecule has 0 bridgehead atoms. The van der Waals surface area contributed by atoms with E-state index < -0.39 is 26.5 Å². The number of carbonyl (C=O) groups excluding carboxylic acids is 2. The van der Waals surface area contributed by atoms with Crippen LogP contribution in [0.3, 0.4) is 0 Å². The number of nitrogens with zero attached hydrogens (tertiary/aromatic N) is 1. The molecule has 0 saturated heterocycles. The summed E-state index contributed by atoms with van der Waals surface area (Å²) in [5.41, 5.74) is 0. The Morgan fingerprint density at radius 2 is 0.520 bits per heavy atom. The van der Waals surface area contributed by atoms with Crippen LogP contribution in [0.4, 0.5) is 0 Å². The lowest BCUT2D eigenvalue weighted by molar-refractivity contribution is -0.870. The van der Waals surface area contributed by atoms with Gasteiger partial charge >= 0.3 is 19.8 Å². The number of allylic oxidation sites excluding steroid dienone is 2. The maximum Gasteiger partial charge on any atom is 0.472 e. The number of likely N-dealkylation sites (N-methyl/N-ethyl adjacent to an activating group) is 1. The highest BCUT2D eigenvalue weighted by Crippen LogP contribution is 2.43. The SMILES string of the molecule is CCCCCCCCCC/C=C\CCCCCCCCCCCCCCCCCCCCCCCCCCCCCCCC(=O)OC(COC(=O)CCCCCCCCCCCCCCCCCCCCCCCCCCCCCCCCCCC)COP(=O)(O)OCC[N+](C)(C)C. The minimum atomic E-state index is -4.39. The van der Waals surface area contributed by atoms with Gasteiger partial charge in [-0.3, -0.25) is 18.6 Å². The van der Waals surface area contributed by atoms with Crippen molar-refractivity contribution in [1.29, 1.82) is 0 Å². The summed E-state index contributed by atoms with van der Waals surface area (Å²) in [5, 5.41) is 0. The normalized spacial score (nSPS) is 12.9. The Bertz CT molecular complexity index is 1650. The minimum Gasteiger partial charge on any atom is -0.462 e. The van der Waals surface area contributed by atoms with Crippen molar-refractivity contribution in [1.82, 2.24) is 0 Å². The molecule has 0 fully saturated rings. The van der Waals surface area contributed by atoms with Crippen LogP contribution in [0.1, 0.15) is 489 Å². The van der Waals surface area contributed by atoms with E-state index in [4.69, 9.17) is 18.5 Å². The van der Waals surface area contributed by atoms with Gasteiger partial charge in [-0.1, -0.05) is 450 Å². The monoisotopic (exact) mass is 1410 g/mol. The first-order chi connectivity index (χ1) is 48.0. The molecule has 0 aliphatic rings. The lowest BCUT2D eigenvalue weighted by atomic mass is 10.0. The Balaban J connectivity index is 3.82. The summed E-state index contributed by atoms with van der Waals surface area (Å²) in [5.74, 6) is -0.764. The van der Waals surface area contributed by atoms with Gasteiger partial charge in [-0.2, -0.15) is 0 Å². The molecule has 98 heavy (non-hydrogen) atoms. The molecule has 0 amide bonds. The van der Waals surface area contributed by atoms with Crippen molar-refractivity contribution in [2.24, 2.45) is 0 Å². The average Bonchev–Trinajstić information content (AvgIpc) is 1.08. The maximum atomic E-state index is 12.9. The zero-order valence-corrected chi connectivity index (χ0v) is 68.0. The summed E-state index contributed by atoms with van der Waals surface area (Å²) in [6.07, 6.45) is 103. The molecule has 0 spiro atoms. The summed E-state index contributed by atoms with van der Waals surface area (Å²) < 4.78 is 34.9. The van der Waals surface area contributed by atoms with Crippen LogP contribution >= 0.6 is 7.82 Å². The zero-order valence-electron chi connectivity index (χ0n) is 67.1. The molecule has 0 radical (unpaired) electrons. The molecule has 10 heteroatoms. The summed E-state index contributed by atoms with van der Waals surface area (Å²) in [6, 6.07) is 0. The highest BCUT2D eigenvalue weighted by atomic mass is 31.2. The number of unbranched alkanes of at least 4 members (excludes halogenated alkanes) is 69. The summed E-state index contributed by atoms with van der Waals surface area (Å²) >= 11 is 0. The van der Waals surface area contributed by atoms with Gasteiger partial charge in [0.05, 0.1) is 27.7 Å². The first kappa shape index (κ1) is 96.8. The van der Waals surface area contributed by atoms with Gasteiger partial charge < -0.3 is 18.9 Å². The average molecular weight is 1410 g/mol. The van der Waals surface area contributed by atoms with Crippen LogP contribution in [0.15, 0.2) is 12.2 Å². The van der Waals surface area contributed by atoms with E-state index in [0.29, 0.717) is 17.4 Å². The van der Waals surface area contributed by atoms with Crippen molar-refractivity contribution in [3.63, 3.8) is 0 Å². The Kier molecular flexibility index (Phi) is 78.8. The number of phosphoric acid groups is 1. The van der Waals surface area contributed by atoms with E-state index >= 15 is 0 Å². The molecule has 0 aliphatic carbocycles. The topological polar surface area (TPSA) is 108 Å². The molecule has 0 aromatic heterocycles. The molecule has 0 heterocycles. The Labute approximate surface area is 613 Å². The highest BCUT2D eigenvalue weighted by Gasteiger charge is 2.27. The third kappa shape index (κ3) is 83.7. The predicted molar refractivity (Wildman–Crippen MR) is 428 cm³/mol. The van der Waals surface area contributed by atoms with E-state index in [-0.39, 0.29) is 25.6 Å².